The highest BCUT2D eigenvalue weighted by molar-refractivity contribution is 14.1. The van der Waals surface area contributed by atoms with Crippen LogP contribution in [0.2, 0.25) is 0 Å². The van der Waals surface area contributed by atoms with E-state index in [1.807, 2.05) is 4.68 Å². The third kappa shape index (κ3) is 6.04. The largest absolute Gasteiger partial charge is 0.494 e. The van der Waals surface area contributed by atoms with E-state index in [0.29, 0.717) is 28.8 Å². The molecule has 174 valence electrons. The molecule has 1 aliphatic rings. The van der Waals surface area contributed by atoms with Crippen LogP contribution in [0.1, 0.15) is 47.6 Å². The van der Waals surface area contributed by atoms with Crippen molar-refractivity contribution < 1.29 is 13.9 Å². The molecular weight excluding hydrogens is 538 g/mol. The maximum absolute atomic E-state index is 13.6. The predicted octanol–water partition coefficient (Wildman–Crippen LogP) is 4.12. The summed E-state index contributed by atoms with van der Waals surface area (Å²) in [7, 11) is 1.40. The van der Waals surface area contributed by atoms with Crippen LogP contribution < -0.4 is 10.1 Å². The van der Waals surface area contributed by atoms with Crippen molar-refractivity contribution in [2.75, 3.05) is 7.11 Å². The van der Waals surface area contributed by atoms with E-state index in [1.165, 1.54) is 38.9 Å². The van der Waals surface area contributed by atoms with E-state index in [2.05, 4.69) is 48.0 Å². The van der Waals surface area contributed by atoms with Gasteiger partial charge in [0.25, 0.3) is 5.91 Å². The van der Waals surface area contributed by atoms with Crippen molar-refractivity contribution in [3.05, 3.63) is 53.5 Å². The number of rotatable bonds is 7. The maximum atomic E-state index is 13.6. The van der Waals surface area contributed by atoms with Gasteiger partial charge >= 0.3 is 0 Å². The standard InChI is InChI=1S/C23H26FIN6O2/c1-14-28-19(22-27-13-31(30-22)12-15-3-6-17(25)7-4-15)10-20(29-14)23(32)26-11-16-5-8-18(24)21(9-16)33-2/h5,8-10,13,15,17H,3-4,6-7,11-12H2,1-2H3,(H,26,32). The summed E-state index contributed by atoms with van der Waals surface area (Å²) in [6.45, 7) is 2.78. The van der Waals surface area contributed by atoms with Crippen molar-refractivity contribution >= 4 is 28.5 Å². The van der Waals surface area contributed by atoms with Crippen molar-refractivity contribution in [3.63, 3.8) is 0 Å². The monoisotopic (exact) mass is 564 g/mol. The molecule has 4 rings (SSSR count). The molecule has 1 fully saturated rings. The molecule has 1 amide bonds. The van der Waals surface area contributed by atoms with Gasteiger partial charge in [-0.3, -0.25) is 9.48 Å². The van der Waals surface area contributed by atoms with E-state index in [9.17, 15) is 9.18 Å². The SMILES string of the molecule is COc1cc(CNC(=O)c2cc(-c3ncn(CC4CCC(I)CC4)n3)nc(C)n2)ccc1F. The van der Waals surface area contributed by atoms with E-state index in [-0.39, 0.29) is 23.9 Å². The van der Waals surface area contributed by atoms with Gasteiger partial charge in [0.05, 0.1) is 7.11 Å². The van der Waals surface area contributed by atoms with E-state index in [4.69, 9.17) is 4.74 Å². The molecule has 2 heterocycles. The summed E-state index contributed by atoms with van der Waals surface area (Å²) < 4.78 is 21.2. The van der Waals surface area contributed by atoms with Gasteiger partial charge in [0.2, 0.25) is 0 Å². The molecule has 8 nitrogen and oxygen atoms in total. The number of nitrogens with zero attached hydrogens (tertiary/aromatic N) is 5. The number of benzene rings is 1. The number of aromatic nitrogens is 5. The van der Waals surface area contributed by atoms with Crippen molar-refractivity contribution in [3.8, 4) is 17.3 Å². The number of halogens is 2. The average molecular weight is 564 g/mol. The molecule has 0 radical (unpaired) electrons. The van der Waals surface area contributed by atoms with Crippen LogP contribution in [0.4, 0.5) is 4.39 Å². The first-order chi connectivity index (χ1) is 15.9. The van der Waals surface area contributed by atoms with Gasteiger partial charge in [-0.25, -0.2) is 19.3 Å². The third-order valence-electron chi connectivity index (χ3n) is 5.73. The minimum atomic E-state index is -0.451. The van der Waals surface area contributed by atoms with Gasteiger partial charge in [-0.05, 0) is 62.3 Å². The van der Waals surface area contributed by atoms with Crippen molar-refractivity contribution in [1.29, 1.82) is 0 Å². The zero-order valence-corrected chi connectivity index (χ0v) is 20.8. The molecule has 0 bridgehead atoms. The predicted molar refractivity (Wildman–Crippen MR) is 130 cm³/mol. The van der Waals surface area contributed by atoms with E-state index < -0.39 is 5.82 Å². The topological polar surface area (TPSA) is 94.8 Å². The van der Waals surface area contributed by atoms with Crippen LogP contribution in [-0.2, 0) is 13.1 Å². The number of methoxy groups -OCH3 is 1. The Morgan fingerprint density at radius 2 is 2.03 bits per heavy atom. The lowest BCUT2D eigenvalue weighted by atomic mass is 9.89. The molecule has 0 atom stereocenters. The normalized spacial score (nSPS) is 18.2. The second-order valence-electron chi connectivity index (χ2n) is 8.25. The number of carbonyl (C=O) groups is 1. The zero-order valence-electron chi connectivity index (χ0n) is 18.6. The fraction of sp³-hybridized carbons (Fsp3) is 0.435. The number of aryl methyl sites for hydroxylation is 1. The number of nitrogens with one attached hydrogen (secondary N) is 1. The molecule has 10 heteroatoms. The van der Waals surface area contributed by atoms with Crippen molar-refractivity contribution in [1.82, 2.24) is 30.0 Å². The molecule has 0 unspecified atom stereocenters. The van der Waals surface area contributed by atoms with Gasteiger partial charge < -0.3 is 10.1 Å². The first-order valence-corrected chi connectivity index (χ1v) is 12.2. The zero-order chi connectivity index (χ0) is 23.4. The smallest absolute Gasteiger partial charge is 0.270 e. The van der Waals surface area contributed by atoms with Crippen LogP contribution in [0.3, 0.4) is 0 Å². The average Bonchev–Trinajstić information content (AvgIpc) is 3.28. The highest BCUT2D eigenvalue weighted by atomic mass is 127. The fourth-order valence-corrected chi connectivity index (χ4v) is 4.67. The molecule has 0 saturated heterocycles. The molecule has 3 aromatic rings. The Labute approximate surface area is 205 Å². The highest BCUT2D eigenvalue weighted by Gasteiger charge is 2.20. The minimum Gasteiger partial charge on any atom is -0.494 e. The highest BCUT2D eigenvalue weighted by Crippen LogP contribution is 2.30. The molecule has 1 saturated carbocycles. The Balaban J connectivity index is 1.43. The molecule has 1 N–H and O–H groups in total. The Morgan fingerprint density at radius 3 is 2.79 bits per heavy atom. The van der Waals surface area contributed by atoms with Crippen LogP contribution in [0, 0.1) is 18.7 Å². The summed E-state index contributed by atoms with van der Waals surface area (Å²) in [4.78, 5) is 25.8. The van der Waals surface area contributed by atoms with Gasteiger partial charge in [-0.1, -0.05) is 28.7 Å². The molecule has 33 heavy (non-hydrogen) atoms. The summed E-state index contributed by atoms with van der Waals surface area (Å²) in [5.74, 6) is 0.863. The molecule has 0 aliphatic heterocycles. The van der Waals surface area contributed by atoms with Crippen molar-refractivity contribution in [2.45, 2.75) is 49.6 Å². The summed E-state index contributed by atoms with van der Waals surface area (Å²) in [5, 5.41) is 7.39. The minimum absolute atomic E-state index is 0.130. The third-order valence-corrected chi connectivity index (χ3v) is 6.97. The second-order valence-corrected chi connectivity index (χ2v) is 10.0. The molecular formula is C23H26FIN6O2. The first-order valence-electron chi connectivity index (χ1n) is 10.9. The van der Waals surface area contributed by atoms with Crippen molar-refractivity contribution in [2.24, 2.45) is 5.92 Å². The lowest BCUT2D eigenvalue weighted by molar-refractivity contribution is 0.0945. The van der Waals surface area contributed by atoms with Crippen LogP contribution in [0.25, 0.3) is 11.5 Å². The lowest BCUT2D eigenvalue weighted by Crippen LogP contribution is -2.24. The van der Waals surface area contributed by atoms with E-state index in [1.54, 1.807) is 31.5 Å². The molecule has 2 aromatic heterocycles. The lowest BCUT2D eigenvalue weighted by Gasteiger charge is -2.24. The van der Waals surface area contributed by atoms with Gasteiger partial charge in [0.1, 0.15) is 23.5 Å². The van der Waals surface area contributed by atoms with Crippen LogP contribution >= 0.6 is 22.6 Å². The summed E-state index contributed by atoms with van der Waals surface area (Å²) in [6, 6.07) is 6.05. The van der Waals surface area contributed by atoms with Gasteiger partial charge in [-0.15, -0.1) is 5.10 Å². The summed E-state index contributed by atoms with van der Waals surface area (Å²) in [6.07, 6.45) is 6.64. The second kappa shape index (κ2) is 10.5. The number of amides is 1. The Hall–Kier alpha value is -2.63. The van der Waals surface area contributed by atoms with Crippen LogP contribution in [-0.4, -0.2) is 41.7 Å². The van der Waals surface area contributed by atoms with E-state index in [0.717, 1.165) is 10.5 Å². The Bertz CT molecular complexity index is 1130. The Kier molecular flexibility index (Phi) is 7.51. The molecule has 0 spiro atoms. The molecule has 1 aromatic carbocycles. The summed E-state index contributed by atoms with van der Waals surface area (Å²) in [5.41, 5.74) is 1.44. The molecule has 1 aliphatic carbocycles. The number of ether oxygens (including phenoxy) is 1. The number of hydrogen-bond acceptors (Lipinski definition) is 6. The van der Waals surface area contributed by atoms with Gasteiger partial charge in [0, 0.05) is 17.0 Å². The van der Waals surface area contributed by atoms with Gasteiger partial charge in [-0.2, -0.15) is 0 Å². The fourth-order valence-electron chi connectivity index (χ4n) is 3.95. The number of hydrogen-bond donors (Lipinski definition) is 1. The number of alkyl halides is 1. The quantitative estimate of drug-likeness (QED) is 0.343. The first kappa shape index (κ1) is 23.5. The summed E-state index contributed by atoms with van der Waals surface area (Å²) >= 11 is 2.53. The van der Waals surface area contributed by atoms with Crippen LogP contribution in [0.5, 0.6) is 5.75 Å². The Morgan fingerprint density at radius 1 is 1.24 bits per heavy atom. The van der Waals surface area contributed by atoms with E-state index >= 15 is 0 Å². The van der Waals surface area contributed by atoms with Crippen LogP contribution in [0.15, 0.2) is 30.6 Å². The maximum Gasteiger partial charge on any atom is 0.270 e. The number of carbonyl (C=O) groups excluding carboxylic acids is 1. The van der Waals surface area contributed by atoms with Gasteiger partial charge in [0.15, 0.2) is 17.4 Å².